The van der Waals surface area contributed by atoms with E-state index in [1.165, 1.54) is 0 Å². The maximum atomic E-state index is 12.5. The van der Waals surface area contributed by atoms with Crippen LogP contribution in [0.25, 0.3) is 0 Å². The minimum atomic E-state index is -0.763. The lowest BCUT2D eigenvalue weighted by Crippen LogP contribution is -2.51. The molecule has 1 atom stereocenters. The van der Waals surface area contributed by atoms with Crippen LogP contribution >= 0.6 is 0 Å². The van der Waals surface area contributed by atoms with Crippen LogP contribution in [0, 0.1) is 0 Å². The summed E-state index contributed by atoms with van der Waals surface area (Å²) in [6.45, 7) is 9.74. The lowest BCUT2D eigenvalue weighted by molar-refractivity contribution is -0.0637. The van der Waals surface area contributed by atoms with E-state index in [9.17, 15) is 9.59 Å². The Labute approximate surface area is 142 Å². The molecule has 1 aliphatic rings. The van der Waals surface area contributed by atoms with Crippen LogP contribution in [0.1, 0.15) is 45.0 Å². The summed E-state index contributed by atoms with van der Waals surface area (Å²) in [4.78, 5) is 24.9. The number of carbonyl (C=O) groups excluding carboxylic acids is 2. The van der Waals surface area contributed by atoms with E-state index < -0.39 is 17.4 Å². The second kappa shape index (κ2) is 6.81. The third-order valence-corrected chi connectivity index (χ3v) is 3.60. The van der Waals surface area contributed by atoms with Gasteiger partial charge in [0, 0.05) is 5.56 Å². The number of amides is 1. The Morgan fingerprint density at radius 1 is 1.42 bits per heavy atom. The number of benzene rings is 1. The van der Waals surface area contributed by atoms with Crippen LogP contribution in [-0.2, 0) is 9.47 Å². The van der Waals surface area contributed by atoms with Crippen molar-refractivity contribution in [2.75, 3.05) is 13.2 Å². The van der Waals surface area contributed by atoms with Crippen LogP contribution < -0.4 is 4.74 Å². The first-order chi connectivity index (χ1) is 11.1. The molecule has 6 nitrogen and oxygen atoms in total. The summed E-state index contributed by atoms with van der Waals surface area (Å²) in [7, 11) is 0. The van der Waals surface area contributed by atoms with Gasteiger partial charge in [-0.15, -0.1) is 0 Å². The molecule has 0 bridgehead atoms. The van der Waals surface area contributed by atoms with Crippen molar-refractivity contribution in [2.45, 2.75) is 52.0 Å². The Morgan fingerprint density at radius 2 is 2.12 bits per heavy atom. The Balaban J connectivity index is 2.07. The normalized spacial score (nSPS) is 19.9. The first-order valence-electron chi connectivity index (χ1n) is 7.97. The molecular formula is C18H25NO5. The lowest BCUT2D eigenvalue weighted by atomic mass is 10.2. The molecule has 2 rings (SSSR count). The molecule has 1 aromatic carbocycles. The first-order valence-corrected chi connectivity index (χ1v) is 7.97. The van der Waals surface area contributed by atoms with Gasteiger partial charge in [-0.2, -0.15) is 0 Å². The molecule has 1 saturated heterocycles. The zero-order chi connectivity index (χ0) is 18.0. The number of hydrogen-bond donors (Lipinski definition) is 0. The molecule has 1 fully saturated rings. The fraction of sp³-hybridized carbons (Fsp3) is 0.556. The molecule has 0 aliphatic carbocycles. The molecule has 1 heterocycles. The number of hydrogen-bond acceptors (Lipinski definition) is 5. The molecule has 0 N–H and O–H groups in total. The monoisotopic (exact) mass is 335 g/mol. The van der Waals surface area contributed by atoms with Gasteiger partial charge < -0.3 is 14.2 Å². The summed E-state index contributed by atoms with van der Waals surface area (Å²) in [5.74, 6) is 0.577. The molecule has 1 amide bonds. The van der Waals surface area contributed by atoms with Crippen molar-refractivity contribution >= 4 is 12.4 Å². The second-order valence-corrected chi connectivity index (χ2v) is 7.26. The zero-order valence-electron chi connectivity index (χ0n) is 14.9. The van der Waals surface area contributed by atoms with Gasteiger partial charge in [-0.1, -0.05) is 12.1 Å². The van der Waals surface area contributed by atoms with E-state index in [1.807, 2.05) is 34.6 Å². The van der Waals surface area contributed by atoms with Crippen molar-refractivity contribution in [1.29, 1.82) is 0 Å². The van der Waals surface area contributed by atoms with E-state index in [-0.39, 0.29) is 12.6 Å². The lowest BCUT2D eigenvalue weighted by Gasteiger charge is -2.35. The van der Waals surface area contributed by atoms with E-state index in [4.69, 9.17) is 14.2 Å². The second-order valence-electron chi connectivity index (χ2n) is 7.26. The minimum absolute atomic E-state index is 0.255. The molecule has 1 aromatic rings. The Bertz CT molecular complexity index is 606. The van der Waals surface area contributed by atoms with E-state index in [0.29, 0.717) is 17.9 Å². The van der Waals surface area contributed by atoms with Crippen LogP contribution in [0.4, 0.5) is 4.79 Å². The van der Waals surface area contributed by atoms with E-state index in [0.717, 1.165) is 6.29 Å². The Hall–Kier alpha value is -2.08. The third-order valence-electron chi connectivity index (χ3n) is 3.60. The van der Waals surface area contributed by atoms with Crippen LogP contribution in [0.2, 0.25) is 0 Å². The number of aldehydes is 1. The highest BCUT2D eigenvalue weighted by atomic mass is 16.6. The van der Waals surface area contributed by atoms with Gasteiger partial charge in [0.1, 0.15) is 30.0 Å². The van der Waals surface area contributed by atoms with E-state index >= 15 is 0 Å². The SMILES string of the molecule is CC(C)(C)OC(=O)N1[C@@H](COc2cccc(C=O)c2)COC1(C)C. The number of ether oxygens (including phenoxy) is 3. The third kappa shape index (κ3) is 4.47. The Kier molecular flexibility index (Phi) is 5.18. The number of rotatable bonds is 4. The van der Waals surface area contributed by atoms with Crippen molar-refractivity contribution in [3.05, 3.63) is 29.8 Å². The van der Waals surface area contributed by atoms with Gasteiger partial charge in [-0.05, 0) is 46.8 Å². The molecule has 0 radical (unpaired) electrons. The van der Waals surface area contributed by atoms with Crippen LogP contribution in [0.5, 0.6) is 5.75 Å². The van der Waals surface area contributed by atoms with Gasteiger partial charge in [0.05, 0.1) is 12.6 Å². The van der Waals surface area contributed by atoms with E-state index in [2.05, 4.69) is 0 Å². The maximum Gasteiger partial charge on any atom is 0.413 e. The molecule has 1 aliphatic heterocycles. The summed E-state index contributed by atoms with van der Waals surface area (Å²) in [6, 6.07) is 6.61. The maximum absolute atomic E-state index is 12.5. The van der Waals surface area contributed by atoms with Crippen molar-refractivity contribution in [1.82, 2.24) is 4.90 Å². The van der Waals surface area contributed by atoms with Gasteiger partial charge in [-0.25, -0.2) is 4.79 Å². The fourth-order valence-corrected chi connectivity index (χ4v) is 2.56. The smallest absolute Gasteiger partial charge is 0.413 e. The van der Waals surface area contributed by atoms with Crippen molar-refractivity contribution in [3.63, 3.8) is 0 Å². The average Bonchev–Trinajstić information content (AvgIpc) is 2.78. The van der Waals surface area contributed by atoms with Gasteiger partial charge in [-0.3, -0.25) is 9.69 Å². The average molecular weight is 335 g/mol. The fourth-order valence-electron chi connectivity index (χ4n) is 2.56. The summed E-state index contributed by atoms with van der Waals surface area (Å²) >= 11 is 0. The largest absolute Gasteiger partial charge is 0.491 e. The quantitative estimate of drug-likeness (QED) is 0.790. The van der Waals surface area contributed by atoms with Gasteiger partial charge >= 0.3 is 6.09 Å². The zero-order valence-corrected chi connectivity index (χ0v) is 14.9. The Morgan fingerprint density at radius 3 is 2.75 bits per heavy atom. The van der Waals surface area contributed by atoms with Crippen LogP contribution in [0.3, 0.4) is 0 Å². The van der Waals surface area contributed by atoms with E-state index in [1.54, 1.807) is 29.2 Å². The van der Waals surface area contributed by atoms with Gasteiger partial charge in [0.25, 0.3) is 0 Å². The topological polar surface area (TPSA) is 65.1 Å². The molecule has 0 spiro atoms. The molecule has 6 heteroatoms. The predicted molar refractivity (Wildman–Crippen MR) is 89.2 cm³/mol. The highest BCUT2D eigenvalue weighted by Gasteiger charge is 2.46. The minimum Gasteiger partial charge on any atom is -0.491 e. The van der Waals surface area contributed by atoms with Crippen molar-refractivity contribution in [2.24, 2.45) is 0 Å². The summed E-state index contributed by atoms with van der Waals surface area (Å²) in [6.07, 6.45) is 0.335. The highest BCUT2D eigenvalue weighted by molar-refractivity contribution is 5.75. The standard InChI is InChI=1S/C18H25NO5/c1-17(2,3)24-16(21)19-14(12-23-18(19,4)5)11-22-15-8-6-7-13(9-15)10-20/h6-10,14H,11-12H2,1-5H3/t14-/m0/s1. The van der Waals surface area contributed by atoms with Gasteiger partial charge in [0.15, 0.2) is 0 Å². The molecule has 0 unspecified atom stereocenters. The van der Waals surface area contributed by atoms with Crippen molar-refractivity contribution in [3.8, 4) is 5.75 Å². The number of nitrogens with zero attached hydrogens (tertiary/aromatic N) is 1. The predicted octanol–water partition coefficient (Wildman–Crippen LogP) is 3.25. The summed E-state index contributed by atoms with van der Waals surface area (Å²) in [5, 5.41) is 0. The van der Waals surface area contributed by atoms with Crippen molar-refractivity contribution < 1.29 is 23.8 Å². The molecule has 0 saturated carbocycles. The molecule has 132 valence electrons. The molecule has 24 heavy (non-hydrogen) atoms. The molecule has 0 aromatic heterocycles. The first kappa shape index (κ1) is 18.3. The number of carbonyl (C=O) groups is 2. The van der Waals surface area contributed by atoms with Crippen LogP contribution in [0.15, 0.2) is 24.3 Å². The summed E-state index contributed by atoms with van der Waals surface area (Å²) in [5.41, 5.74) is -0.806. The summed E-state index contributed by atoms with van der Waals surface area (Å²) < 4.78 is 17.0. The van der Waals surface area contributed by atoms with Crippen LogP contribution in [-0.4, -0.2) is 47.9 Å². The highest BCUT2D eigenvalue weighted by Crippen LogP contribution is 2.29. The molecular weight excluding hydrogens is 310 g/mol. The van der Waals surface area contributed by atoms with Gasteiger partial charge in [0.2, 0.25) is 0 Å².